The molecule has 6 heterocycles. The van der Waals surface area contributed by atoms with Gasteiger partial charge in [-0.25, -0.2) is 4.68 Å². The maximum atomic E-state index is 14.3. The van der Waals surface area contributed by atoms with E-state index in [-0.39, 0.29) is 43.4 Å². The third-order valence-corrected chi connectivity index (χ3v) is 13.3. The molecule has 5 aliphatic heterocycles. The lowest BCUT2D eigenvalue weighted by Crippen LogP contribution is -2.58. The summed E-state index contributed by atoms with van der Waals surface area (Å²) < 4.78 is 52.4. The van der Waals surface area contributed by atoms with Gasteiger partial charge < -0.3 is 48.1 Å². The monoisotopic (exact) mass is 837 g/mol. The van der Waals surface area contributed by atoms with E-state index in [0.717, 1.165) is 12.0 Å². The Balaban J connectivity index is 1.19. The molecule has 0 amide bonds. The van der Waals surface area contributed by atoms with Crippen molar-refractivity contribution >= 4 is 11.9 Å². The van der Waals surface area contributed by atoms with Crippen LogP contribution in [0.15, 0.2) is 71.6 Å². The van der Waals surface area contributed by atoms with Crippen LogP contribution in [0.5, 0.6) is 0 Å². The summed E-state index contributed by atoms with van der Waals surface area (Å²) in [6.45, 7) is 14.0. The number of aliphatic hydroxyl groups is 2. The van der Waals surface area contributed by atoms with Gasteiger partial charge in [-0.3, -0.25) is 9.59 Å². The molecule has 15 nitrogen and oxygen atoms in total. The van der Waals surface area contributed by atoms with E-state index in [4.69, 9.17) is 37.9 Å². The fourth-order valence-electron chi connectivity index (χ4n) is 9.67. The summed E-state index contributed by atoms with van der Waals surface area (Å²) in [5.41, 5.74) is 0.0762. The maximum absolute atomic E-state index is 14.3. The molecule has 7 rings (SSSR count). The fourth-order valence-corrected chi connectivity index (χ4v) is 9.67. The third-order valence-electron chi connectivity index (χ3n) is 13.3. The van der Waals surface area contributed by atoms with E-state index in [9.17, 15) is 19.8 Å². The van der Waals surface area contributed by atoms with E-state index in [0.29, 0.717) is 30.4 Å². The summed E-state index contributed by atoms with van der Waals surface area (Å²) in [5, 5.41) is 31.2. The van der Waals surface area contributed by atoms with Crippen molar-refractivity contribution in [2.45, 2.75) is 160 Å². The molecule has 60 heavy (non-hydrogen) atoms. The molecule has 330 valence electrons. The van der Waals surface area contributed by atoms with Crippen molar-refractivity contribution in [2.75, 3.05) is 13.7 Å². The van der Waals surface area contributed by atoms with Gasteiger partial charge in [0.05, 0.1) is 37.2 Å². The molecule has 0 radical (unpaired) electrons. The van der Waals surface area contributed by atoms with Crippen molar-refractivity contribution in [3.8, 4) is 0 Å². The summed E-state index contributed by atoms with van der Waals surface area (Å²) in [6.07, 6.45) is 12.7. The number of ether oxygens (including phenoxy) is 8. The van der Waals surface area contributed by atoms with Crippen molar-refractivity contribution in [2.24, 2.45) is 23.7 Å². The molecule has 0 saturated carbocycles. The number of carbonyl (C=O) groups excluding carboxylic acids is 2. The van der Waals surface area contributed by atoms with Gasteiger partial charge in [0, 0.05) is 44.4 Å². The van der Waals surface area contributed by atoms with Crippen molar-refractivity contribution in [1.29, 1.82) is 0 Å². The number of methoxy groups -OCH3 is 1. The van der Waals surface area contributed by atoms with E-state index in [1.165, 1.54) is 10.9 Å². The van der Waals surface area contributed by atoms with Crippen molar-refractivity contribution in [1.82, 2.24) is 15.0 Å². The van der Waals surface area contributed by atoms with Gasteiger partial charge in [-0.15, -0.1) is 5.10 Å². The van der Waals surface area contributed by atoms with Gasteiger partial charge in [0.25, 0.3) is 0 Å². The number of esters is 2. The molecule has 3 fully saturated rings. The molecule has 2 bridgehead atoms. The van der Waals surface area contributed by atoms with Gasteiger partial charge in [0.2, 0.25) is 0 Å². The number of aromatic nitrogens is 3. The highest BCUT2D eigenvalue weighted by molar-refractivity contribution is 5.78. The van der Waals surface area contributed by atoms with E-state index in [1.54, 1.807) is 32.4 Å². The van der Waals surface area contributed by atoms with Crippen molar-refractivity contribution < 1.29 is 57.7 Å². The predicted octanol–water partition coefficient (Wildman–Crippen LogP) is 4.68. The Labute approximate surface area is 352 Å². The van der Waals surface area contributed by atoms with Crippen LogP contribution >= 0.6 is 0 Å². The average molecular weight is 838 g/mol. The van der Waals surface area contributed by atoms with Crippen LogP contribution in [0.1, 0.15) is 80.6 Å². The highest BCUT2D eigenvalue weighted by Crippen LogP contribution is 2.47. The van der Waals surface area contributed by atoms with E-state index in [1.807, 2.05) is 39.0 Å². The number of fused-ring (bicyclic) bond motifs is 2. The minimum absolute atomic E-state index is 0.0216. The van der Waals surface area contributed by atoms with Crippen LogP contribution in [-0.2, 0) is 54.0 Å². The van der Waals surface area contributed by atoms with Crippen molar-refractivity contribution in [3.05, 3.63) is 71.6 Å². The molecule has 1 aromatic rings. The van der Waals surface area contributed by atoms with Crippen LogP contribution in [0.2, 0.25) is 0 Å². The molecule has 1 aliphatic carbocycles. The molecular weight excluding hydrogens is 775 g/mol. The van der Waals surface area contributed by atoms with Crippen molar-refractivity contribution in [3.63, 3.8) is 0 Å². The second-order valence-corrected chi connectivity index (χ2v) is 17.6. The smallest absolute Gasteiger partial charge is 0.328 e. The molecule has 2 N–H and O–H groups in total. The summed E-state index contributed by atoms with van der Waals surface area (Å²) >= 11 is 0. The maximum Gasteiger partial charge on any atom is 0.328 e. The zero-order valence-electron chi connectivity index (χ0n) is 36.0. The standard InChI is InChI=1S/C45H63N3O12/c1-9-25(2)40-28(5)15-16-44(60-40)22-33-20-32(59-44)14-13-27(4)39(58-37-21-35(53-8)41(30(7)55-37)57-36(49)23-48-18-17-46-47-48)26(3)11-10-12-31-24-54-42-38(50)29(6)19-34(43(51)56-33)45(31,42)52/h10-13,15-19,25-26,28,30,32-35,37-42,50,52H,9,14,20-24H2,1-8H3/b11-10+,27-13+,31-12+/t25?,26-,28-,30-,32+,33-,34?,35-,37?,38+,39-,40+,41-,42+,44?,45+/m0/s1. The minimum atomic E-state index is -1.84. The molecule has 3 saturated heterocycles. The first-order chi connectivity index (χ1) is 28.6. The molecular formula is C45H63N3O12. The number of carbonyl (C=O) groups is 2. The summed E-state index contributed by atoms with van der Waals surface area (Å²) in [6, 6.07) is 0. The Morgan fingerprint density at radius 3 is 2.63 bits per heavy atom. The van der Waals surface area contributed by atoms with E-state index < -0.39 is 84.4 Å². The second-order valence-electron chi connectivity index (χ2n) is 17.6. The normalized spacial score (nSPS) is 43.7. The molecule has 1 aromatic heterocycles. The Morgan fingerprint density at radius 1 is 1.10 bits per heavy atom. The fraction of sp³-hybridized carbons (Fsp3) is 0.689. The Hall–Kier alpha value is -3.54. The molecule has 1 spiro atoms. The topological polar surface area (TPSA) is 179 Å². The minimum Gasteiger partial charge on any atom is -0.462 e. The molecule has 0 aromatic carbocycles. The van der Waals surface area contributed by atoms with Gasteiger partial charge >= 0.3 is 11.9 Å². The number of aliphatic hydroxyl groups excluding tert-OH is 1. The zero-order chi connectivity index (χ0) is 42.9. The molecule has 4 unspecified atom stereocenters. The largest absolute Gasteiger partial charge is 0.462 e. The number of hydrogen-bond donors (Lipinski definition) is 2. The van der Waals surface area contributed by atoms with E-state index >= 15 is 0 Å². The first kappa shape index (κ1) is 44.5. The van der Waals surface area contributed by atoms with Crippen LogP contribution < -0.4 is 0 Å². The quantitative estimate of drug-likeness (QED) is 0.272. The number of hydrogen-bond acceptors (Lipinski definition) is 14. The number of allylic oxidation sites excluding steroid dienone is 2. The van der Waals surface area contributed by atoms with Crippen LogP contribution in [-0.4, -0.2) is 123 Å². The van der Waals surface area contributed by atoms with Gasteiger partial charge in [-0.05, 0) is 55.9 Å². The highest BCUT2D eigenvalue weighted by Gasteiger charge is 2.60. The lowest BCUT2D eigenvalue weighted by Gasteiger charge is -2.48. The highest BCUT2D eigenvalue weighted by atomic mass is 16.7. The summed E-state index contributed by atoms with van der Waals surface area (Å²) in [7, 11) is 1.57. The lowest BCUT2D eigenvalue weighted by molar-refractivity contribution is -0.300. The lowest BCUT2D eigenvalue weighted by atomic mass is 9.71. The Morgan fingerprint density at radius 2 is 1.90 bits per heavy atom. The number of rotatable bonds is 8. The van der Waals surface area contributed by atoms with Gasteiger partial charge in [0.15, 0.2) is 18.2 Å². The zero-order valence-corrected chi connectivity index (χ0v) is 36.0. The van der Waals surface area contributed by atoms with Gasteiger partial charge in [-0.1, -0.05) is 75.8 Å². The summed E-state index contributed by atoms with van der Waals surface area (Å²) in [5.74, 6) is -3.11. The van der Waals surface area contributed by atoms with E-state index in [2.05, 4.69) is 43.2 Å². The predicted molar refractivity (Wildman–Crippen MR) is 217 cm³/mol. The Bertz CT molecular complexity index is 1840. The van der Waals surface area contributed by atoms with Crippen LogP contribution in [0.25, 0.3) is 0 Å². The van der Waals surface area contributed by atoms with Crippen LogP contribution in [0.3, 0.4) is 0 Å². The second kappa shape index (κ2) is 18.4. The summed E-state index contributed by atoms with van der Waals surface area (Å²) in [4.78, 5) is 27.1. The van der Waals surface area contributed by atoms with Crippen LogP contribution in [0.4, 0.5) is 0 Å². The molecule has 6 aliphatic rings. The Kier molecular flexibility index (Phi) is 13.7. The average Bonchev–Trinajstić information content (AvgIpc) is 3.86. The van der Waals surface area contributed by atoms with Crippen LogP contribution in [0, 0.1) is 23.7 Å². The SMILES string of the molecule is CCC(C)[C@H]1OC2(C=C[C@@H]1C)C[C@@H]1C[C@@H](C/C=C(\C)[C@@H](OC3C[C@H](OC)[C@@H](OC(=O)Cn4ccnn4)[C@H](C)O3)[C@@H](C)/C=C/C=C3\CO[C@@H]4[C@H](O)C(C)=CC(C(=O)O1)[C@]34O)O2. The molecule has 16 atom stereocenters. The first-order valence-corrected chi connectivity index (χ1v) is 21.5. The van der Waals surface area contributed by atoms with Gasteiger partial charge in [-0.2, -0.15) is 0 Å². The van der Waals surface area contributed by atoms with Gasteiger partial charge in [0.1, 0.15) is 42.5 Å². The first-order valence-electron chi connectivity index (χ1n) is 21.5. The molecule has 15 heteroatoms. The number of nitrogens with zero attached hydrogens (tertiary/aromatic N) is 3. The third kappa shape index (κ3) is 9.14.